The molecule has 1 aromatic carbocycles. The Morgan fingerprint density at radius 1 is 1.23 bits per heavy atom. The molecule has 1 aromatic heterocycles. The van der Waals surface area contributed by atoms with Gasteiger partial charge < -0.3 is 19.1 Å². The number of methoxy groups -OCH3 is 2. The Balaban J connectivity index is 2.81. The van der Waals surface area contributed by atoms with E-state index in [-0.39, 0.29) is 11.3 Å². The fourth-order valence-electron chi connectivity index (χ4n) is 2.40. The van der Waals surface area contributed by atoms with E-state index in [4.69, 9.17) is 9.47 Å². The van der Waals surface area contributed by atoms with Gasteiger partial charge in [0.2, 0.25) is 0 Å². The van der Waals surface area contributed by atoms with Crippen LogP contribution >= 0.6 is 0 Å². The van der Waals surface area contributed by atoms with Gasteiger partial charge in [-0.3, -0.25) is 4.79 Å². The van der Waals surface area contributed by atoms with Gasteiger partial charge in [-0.25, -0.2) is 0 Å². The van der Waals surface area contributed by atoms with E-state index in [0.29, 0.717) is 34.4 Å². The summed E-state index contributed by atoms with van der Waals surface area (Å²) in [5.74, 6) is 1.02. The molecule has 1 N–H and O–H groups in total. The van der Waals surface area contributed by atoms with E-state index in [2.05, 4.69) is 0 Å². The van der Waals surface area contributed by atoms with Crippen molar-refractivity contribution in [3.8, 4) is 17.2 Å². The second-order valence-corrected chi connectivity index (χ2v) is 5.40. The van der Waals surface area contributed by atoms with Gasteiger partial charge in [0.05, 0.1) is 25.3 Å². The molecule has 2 rings (SSSR count). The standard InChI is InChI=1S/C17H21NO4/c1-10(2)6-7-11-16(19)12-8-14(21-4)15(22-5)9-13(12)18(3)17(11)20/h6,8-9,19H,7H2,1-5H3. The Morgan fingerprint density at radius 2 is 1.82 bits per heavy atom. The third-order valence-electron chi connectivity index (χ3n) is 3.68. The summed E-state index contributed by atoms with van der Waals surface area (Å²) >= 11 is 0. The van der Waals surface area contributed by atoms with Crippen molar-refractivity contribution in [3.05, 3.63) is 39.7 Å². The van der Waals surface area contributed by atoms with Crippen LogP contribution in [-0.4, -0.2) is 23.9 Å². The molecule has 0 spiro atoms. The van der Waals surface area contributed by atoms with Crippen molar-refractivity contribution in [2.75, 3.05) is 14.2 Å². The zero-order chi connectivity index (χ0) is 16.4. The third kappa shape index (κ3) is 2.66. The first-order chi connectivity index (χ1) is 10.4. The number of fused-ring (bicyclic) bond motifs is 1. The van der Waals surface area contributed by atoms with Gasteiger partial charge in [0.1, 0.15) is 5.75 Å². The maximum Gasteiger partial charge on any atom is 0.258 e. The van der Waals surface area contributed by atoms with Crippen molar-refractivity contribution >= 4 is 10.9 Å². The predicted octanol–water partition coefficient (Wildman–Crippen LogP) is 2.77. The lowest BCUT2D eigenvalue weighted by Gasteiger charge is -2.14. The summed E-state index contributed by atoms with van der Waals surface area (Å²) in [5.41, 5.74) is 1.85. The van der Waals surface area contributed by atoms with Crippen LogP contribution in [-0.2, 0) is 13.5 Å². The predicted molar refractivity (Wildman–Crippen MR) is 87.1 cm³/mol. The number of hydrogen-bond donors (Lipinski definition) is 1. The minimum atomic E-state index is -0.213. The van der Waals surface area contributed by atoms with E-state index in [1.807, 2.05) is 19.9 Å². The number of ether oxygens (including phenoxy) is 2. The largest absolute Gasteiger partial charge is 0.507 e. The number of pyridine rings is 1. The molecule has 0 saturated carbocycles. The van der Waals surface area contributed by atoms with Crippen LogP contribution in [0.1, 0.15) is 19.4 Å². The highest BCUT2D eigenvalue weighted by Crippen LogP contribution is 2.36. The molecule has 0 saturated heterocycles. The van der Waals surface area contributed by atoms with E-state index in [0.717, 1.165) is 5.57 Å². The first kappa shape index (κ1) is 15.9. The van der Waals surface area contributed by atoms with E-state index < -0.39 is 0 Å². The van der Waals surface area contributed by atoms with Crippen molar-refractivity contribution in [2.45, 2.75) is 20.3 Å². The fourth-order valence-corrected chi connectivity index (χ4v) is 2.40. The van der Waals surface area contributed by atoms with Crippen LogP contribution in [0, 0.1) is 0 Å². The van der Waals surface area contributed by atoms with Crippen LogP contribution < -0.4 is 15.0 Å². The molecule has 1 heterocycles. The zero-order valence-corrected chi connectivity index (χ0v) is 13.6. The lowest BCUT2D eigenvalue weighted by Crippen LogP contribution is -2.21. The molecule has 0 fully saturated rings. The molecule has 0 amide bonds. The molecule has 5 heteroatoms. The molecule has 0 bridgehead atoms. The number of hydrogen-bond acceptors (Lipinski definition) is 4. The van der Waals surface area contributed by atoms with Crippen LogP contribution in [0.5, 0.6) is 17.2 Å². The summed E-state index contributed by atoms with van der Waals surface area (Å²) in [6.07, 6.45) is 2.31. The lowest BCUT2D eigenvalue weighted by atomic mass is 10.1. The van der Waals surface area contributed by atoms with Crippen molar-refractivity contribution in [3.63, 3.8) is 0 Å². The summed E-state index contributed by atoms with van der Waals surface area (Å²) in [5, 5.41) is 11.1. The average molecular weight is 303 g/mol. The van der Waals surface area contributed by atoms with E-state index in [1.165, 1.54) is 18.8 Å². The normalized spacial score (nSPS) is 10.6. The molecular weight excluding hydrogens is 282 g/mol. The SMILES string of the molecule is COc1cc2c(O)c(CC=C(C)C)c(=O)n(C)c2cc1OC. The van der Waals surface area contributed by atoms with Gasteiger partial charge in [-0.15, -0.1) is 0 Å². The first-order valence-corrected chi connectivity index (χ1v) is 7.00. The van der Waals surface area contributed by atoms with Gasteiger partial charge in [-0.1, -0.05) is 11.6 Å². The van der Waals surface area contributed by atoms with Gasteiger partial charge in [-0.2, -0.15) is 0 Å². The number of rotatable bonds is 4. The Hall–Kier alpha value is -2.43. The number of aryl methyl sites for hydroxylation is 1. The van der Waals surface area contributed by atoms with Crippen LogP contribution in [0.15, 0.2) is 28.6 Å². The Labute approximate surface area is 129 Å². The Morgan fingerprint density at radius 3 is 2.36 bits per heavy atom. The second kappa shape index (κ2) is 6.13. The average Bonchev–Trinajstić information content (AvgIpc) is 2.51. The molecule has 0 radical (unpaired) electrons. The molecule has 2 aromatic rings. The van der Waals surface area contributed by atoms with Crippen LogP contribution in [0.2, 0.25) is 0 Å². The van der Waals surface area contributed by atoms with Crippen molar-refractivity contribution in [2.24, 2.45) is 7.05 Å². The van der Waals surface area contributed by atoms with E-state index >= 15 is 0 Å². The summed E-state index contributed by atoms with van der Waals surface area (Å²) in [4.78, 5) is 12.5. The fraction of sp³-hybridized carbons (Fsp3) is 0.353. The van der Waals surface area contributed by atoms with E-state index in [1.54, 1.807) is 19.2 Å². The van der Waals surface area contributed by atoms with Crippen molar-refractivity contribution in [1.82, 2.24) is 4.57 Å². The molecule has 0 atom stereocenters. The third-order valence-corrected chi connectivity index (χ3v) is 3.68. The molecule has 0 aliphatic heterocycles. The van der Waals surface area contributed by atoms with Crippen LogP contribution in [0.4, 0.5) is 0 Å². The highest BCUT2D eigenvalue weighted by Gasteiger charge is 2.17. The minimum absolute atomic E-state index is 0.00319. The molecule has 0 aliphatic carbocycles. The first-order valence-electron chi connectivity index (χ1n) is 7.00. The smallest absolute Gasteiger partial charge is 0.258 e. The summed E-state index contributed by atoms with van der Waals surface area (Å²) in [6, 6.07) is 3.38. The van der Waals surface area contributed by atoms with Crippen LogP contribution in [0.25, 0.3) is 10.9 Å². The monoisotopic (exact) mass is 303 g/mol. The van der Waals surface area contributed by atoms with Gasteiger partial charge in [0.15, 0.2) is 11.5 Å². The number of aromatic nitrogens is 1. The minimum Gasteiger partial charge on any atom is -0.507 e. The van der Waals surface area contributed by atoms with Gasteiger partial charge in [0.25, 0.3) is 5.56 Å². The molecule has 22 heavy (non-hydrogen) atoms. The number of benzene rings is 1. The van der Waals surface area contributed by atoms with Gasteiger partial charge in [-0.05, 0) is 26.3 Å². The topological polar surface area (TPSA) is 60.7 Å². The number of aromatic hydroxyl groups is 1. The highest BCUT2D eigenvalue weighted by atomic mass is 16.5. The highest BCUT2D eigenvalue weighted by molar-refractivity contribution is 5.89. The lowest BCUT2D eigenvalue weighted by molar-refractivity contribution is 0.355. The summed E-state index contributed by atoms with van der Waals surface area (Å²) in [6.45, 7) is 3.91. The maximum absolute atomic E-state index is 12.5. The molecule has 0 aliphatic rings. The molecule has 118 valence electrons. The number of nitrogens with zero attached hydrogens (tertiary/aromatic N) is 1. The van der Waals surface area contributed by atoms with Gasteiger partial charge >= 0.3 is 0 Å². The quantitative estimate of drug-likeness (QED) is 0.882. The summed E-state index contributed by atoms with van der Waals surface area (Å²) in [7, 11) is 4.75. The molecule has 0 unspecified atom stereocenters. The molecule has 5 nitrogen and oxygen atoms in total. The van der Waals surface area contributed by atoms with Gasteiger partial charge in [0, 0.05) is 18.5 Å². The van der Waals surface area contributed by atoms with Crippen molar-refractivity contribution < 1.29 is 14.6 Å². The second-order valence-electron chi connectivity index (χ2n) is 5.40. The zero-order valence-electron chi connectivity index (χ0n) is 13.6. The Kier molecular flexibility index (Phi) is 4.45. The Bertz CT molecular complexity index is 799. The maximum atomic E-state index is 12.5. The van der Waals surface area contributed by atoms with Crippen molar-refractivity contribution in [1.29, 1.82) is 0 Å². The molecular formula is C17H21NO4. The number of allylic oxidation sites excluding steroid dienone is 2. The van der Waals surface area contributed by atoms with Crippen LogP contribution in [0.3, 0.4) is 0 Å². The van der Waals surface area contributed by atoms with E-state index in [9.17, 15) is 9.90 Å². The summed E-state index contributed by atoms with van der Waals surface area (Å²) < 4.78 is 12.0.